The number of carbonyl (C=O) groups is 1. The Morgan fingerprint density at radius 3 is 2.06 bits per heavy atom. The third-order valence-corrected chi connectivity index (χ3v) is 5.54. The van der Waals surface area contributed by atoms with Crippen molar-refractivity contribution in [3.63, 3.8) is 0 Å². The third-order valence-electron chi connectivity index (χ3n) is 4.12. The minimum atomic E-state index is -3.37. The van der Waals surface area contributed by atoms with Crippen LogP contribution in [0.2, 0.25) is 0 Å². The topological polar surface area (TPSA) is 83.5 Å². The zero-order valence-corrected chi connectivity index (χ0v) is 11.6. The van der Waals surface area contributed by atoms with Crippen LogP contribution in [0.3, 0.4) is 0 Å². The summed E-state index contributed by atoms with van der Waals surface area (Å²) in [4.78, 5) is 10.3. The van der Waals surface area contributed by atoms with E-state index in [2.05, 4.69) is 4.72 Å². The average Bonchev–Trinajstić information content (AvgIpc) is 2.46. The molecule has 100 valence electrons. The molecule has 0 aromatic carbocycles. The van der Waals surface area contributed by atoms with E-state index in [1.165, 1.54) is 0 Å². The Bertz CT molecular complexity index is 397. The fourth-order valence-corrected chi connectivity index (χ4v) is 3.73. The maximum atomic E-state index is 11.7. The minimum Gasteiger partial charge on any atom is -0.481 e. The van der Waals surface area contributed by atoms with Crippen molar-refractivity contribution in [2.24, 2.45) is 10.8 Å². The lowest BCUT2D eigenvalue weighted by Crippen LogP contribution is -2.32. The van der Waals surface area contributed by atoms with E-state index in [4.69, 9.17) is 5.11 Å². The SMILES string of the molecule is CC1(C)C(NS(=O)(=O)CCCC(=O)O)C1(C)C. The summed E-state index contributed by atoms with van der Waals surface area (Å²) in [5, 5.41) is 8.46. The van der Waals surface area contributed by atoms with Crippen molar-refractivity contribution in [1.29, 1.82) is 0 Å². The van der Waals surface area contributed by atoms with Crippen LogP contribution in [0.5, 0.6) is 0 Å². The van der Waals surface area contributed by atoms with Crippen LogP contribution in [0.1, 0.15) is 40.5 Å². The number of sulfonamides is 1. The molecule has 0 aromatic rings. The average molecular weight is 263 g/mol. The second-order valence-corrected chi connectivity index (χ2v) is 7.68. The number of carboxylic acids is 1. The van der Waals surface area contributed by atoms with Crippen LogP contribution in [0.4, 0.5) is 0 Å². The molecular weight excluding hydrogens is 242 g/mol. The van der Waals surface area contributed by atoms with Gasteiger partial charge in [0.05, 0.1) is 5.75 Å². The molecule has 0 radical (unpaired) electrons. The van der Waals surface area contributed by atoms with Crippen LogP contribution < -0.4 is 4.72 Å². The molecule has 1 fully saturated rings. The first kappa shape index (κ1) is 14.4. The zero-order chi connectivity index (χ0) is 13.5. The van der Waals surface area contributed by atoms with Crippen LogP contribution in [0.15, 0.2) is 0 Å². The number of aliphatic carboxylic acids is 1. The van der Waals surface area contributed by atoms with Crippen LogP contribution in [0.25, 0.3) is 0 Å². The lowest BCUT2D eigenvalue weighted by atomic mass is 10.0. The summed E-state index contributed by atoms with van der Waals surface area (Å²) in [6.07, 6.45) is 0.0383. The third kappa shape index (κ3) is 2.98. The van der Waals surface area contributed by atoms with Gasteiger partial charge in [0.2, 0.25) is 10.0 Å². The van der Waals surface area contributed by atoms with Crippen molar-refractivity contribution in [3.8, 4) is 0 Å². The van der Waals surface area contributed by atoms with Gasteiger partial charge in [0.15, 0.2) is 0 Å². The molecule has 6 heteroatoms. The first-order chi connectivity index (χ1) is 7.51. The van der Waals surface area contributed by atoms with Gasteiger partial charge in [-0.1, -0.05) is 27.7 Å². The molecule has 0 spiro atoms. The summed E-state index contributed by atoms with van der Waals surface area (Å²) in [6, 6.07) is -0.0650. The fraction of sp³-hybridized carbons (Fsp3) is 0.909. The van der Waals surface area contributed by atoms with Gasteiger partial charge in [0.1, 0.15) is 0 Å². The van der Waals surface area contributed by atoms with Crippen molar-refractivity contribution in [2.45, 2.75) is 46.6 Å². The molecule has 0 aliphatic heterocycles. The van der Waals surface area contributed by atoms with Crippen molar-refractivity contribution < 1.29 is 18.3 Å². The molecule has 0 saturated heterocycles. The predicted molar refractivity (Wildman–Crippen MR) is 65.1 cm³/mol. The van der Waals surface area contributed by atoms with Crippen LogP contribution >= 0.6 is 0 Å². The van der Waals surface area contributed by atoms with Gasteiger partial charge < -0.3 is 5.11 Å². The molecule has 17 heavy (non-hydrogen) atoms. The lowest BCUT2D eigenvalue weighted by Gasteiger charge is -2.07. The molecule has 2 N–H and O–H groups in total. The van der Waals surface area contributed by atoms with E-state index in [0.717, 1.165) is 0 Å². The molecule has 0 aromatic heterocycles. The highest BCUT2D eigenvalue weighted by Gasteiger charge is 2.65. The molecule has 0 heterocycles. The smallest absolute Gasteiger partial charge is 0.303 e. The summed E-state index contributed by atoms with van der Waals surface area (Å²) in [5.41, 5.74) is -0.0975. The van der Waals surface area contributed by atoms with E-state index in [9.17, 15) is 13.2 Å². The van der Waals surface area contributed by atoms with Gasteiger partial charge in [-0.05, 0) is 17.3 Å². The summed E-state index contributed by atoms with van der Waals surface area (Å²) < 4.78 is 26.1. The van der Waals surface area contributed by atoms with E-state index in [0.29, 0.717) is 0 Å². The largest absolute Gasteiger partial charge is 0.481 e. The number of hydrogen-bond donors (Lipinski definition) is 2. The van der Waals surface area contributed by atoms with Gasteiger partial charge >= 0.3 is 5.97 Å². The molecule has 0 atom stereocenters. The highest BCUT2D eigenvalue weighted by Crippen LogP contribution is 2.62. The number of carboxylic acid groups (broad SMARTS) is 1. The van der Waals surface area contributed by atoms with E-state index in [1.54, 1.807) is 0 Å². The molecule has 5 nitrogen and oxygen atoms in total. The Morgan fingerprint density at radius 2 is 1.71 bits per heavy atom. The van der Waals surface area contributed by atoms with Crippen molar-refractivity contribution in [1.82, 2.24) is 4.72 Å². The molecule has 0 amide bonds. The van der Waals surface area contributed by atoms with Gasteiger partial charge in [0, 0.05) is 12.5 Å². The molecule has 1 rings (SSSR count). The summed E-state index contributed by atoms with van der Waals surface area (Å²) in [5.74, 6) is -1.09. The second-order valence-electron chi connectivity index (χ2n) is 5.81. The molecule has 1 saturated carbocycles. The fourth-order valence-electron chi connectivity index (χ4n) is 2.14. The van der Waals surface area contributed by atoms with Gasteiger partial charge in [-0.2, -0.15) is 0 Å². The highest BCUT2D eigenvalue weighted by atomic mass is 32.2. The number of nitrogens with one attached hydrogen (secondary N) is 1. The van der Waals surface area contributed by atoms with Crippen LogP contribution in [-0.4, -0.2) is 31.3 Å². The Morgan fingerprint density at radius 1 is 1.24 bits per heavy atom. The number of rotatable bonds is 6. The van der Waals surface area contributed by atoms with Gasteiger partial charge in [-0.25, -0.2) is 13.1 Å². The lowest BCUT2D eigenvalue weighted by molar-refractivity contribution is -0.137. The molecule has 1 aliphatic carbocycles. The maximum absolute atomic E-state index is 11.7. The summed E-state index contributed by atoms with van der Waals surface area (Å²) >= 11 is 0. The van der Waals surface area contributed by atoms with Gasteiger partial charge in [-0.15, -0.1) is 0 Å². The highest BCUT2D eigenvalue weighted by molar-refractivity contribution is 7.89. The van der Waals surface area contributed by atoms with Gasteiger partial charge in [0.25, 0.3) is 0 Å². The summed E-state index contributed by atoms with van der Waals surface area (Å²) in [7, 11) is -3.37. The molecule has 0 unspecified atom stereocenters. The van der Waals surface area contributed by atoms with E-state index in [1.807, 2.05) is 27.7 Å². The molecular formula is C11H21NO4S. The van der Waals surface area contributed by atoms with Gasteiger partial charge in [-0.3, -0.25) is 4.79 Å². The number of hydrogen-bond acceptors (Lipinski definition) is 3. The monoisotopic (exact) mass is 263 g/mol. The Hall–Kier alpha value is -0.620. The summed E-state index contributed by atoms with van der Waals surface area (Å²) in [6.45, 7) is 8.10. The Balaban J connectivity index is 2.50. The van der Waals surface area contributed by atoms with Crippen molar-refractivity contribution in [2.75, 3.05) is 5.75 Å². The first-order valence-electron chi connectivity index (χ1n) is 5.72. The Kier molecular flexibility index (Phi) is 3.60. The van der Waals surface area contributed by atoms with Crippen LogP contribution in [-0.2, 0) is 14.8 Å². The van der Waals surface area contributed by atoms with Crippen molar-refractivity contribution >= 4 is 16.0 Å². The van der Waals surface area contributed by atoms with E-state index < -0.39 is 16.0 Å². The van der Waals surface area contributed by atoms with E-state index >= 15 is 0 Å². The first-order valence-corrected chi connectivity index (χ1v) is 7.38. The quantitative estimate of drug-likeness (QED) is 0.754. The van der Waals surface area contributed by atoms with Crippen molar-refractivity contribution in [3.05, 3.63) is 0 Å². The maximum Gasteiger partial charge on any atom is 0.303 e. The Labute approximate surface area is 103 Å². The normalized spacial score (nSPS) is 22.4. The minimum absolute atomic E-state index is 0.0487. The van der Waals surface area contributed by atoms with E-state index in [-0.39, 0.29) is 35.5 Å². The standard InChI is InChI=1S/C11H21NO4S/c1-10(2)9(11(10,3)4)12-17(15,16)7-5-6-8(13)14/h9,12H,5-7H2,1-4H3,(H,13,14). The zero-order valence-electron chi connectivity index (χ0n) is 10.8. The van der Waals surface area contributed by atoms with Crippen LogP contribution in [0, 0.1) is 10.8 Å². The second kappa shape index (κ2) is 4.24. The molecule has 0 bridgehead atoms. The molecule has 1 aliphatic rings. The predicted octanol–water partition coefficient (Wildman–Crippen LogP) is 1.21.